The molecule has 17 heavy (non-hydrogen) atoms. The molecule has 1 unspecified atom stereocenters. The van der Waals surface area contributed by atoms with Gasteiger partial charge in [0.2, 0.25) is 12.0 Å². The summed E-state index contributed by atoms with van der Waals surface area (Å²) in [6.07, 6.45) is 3.93. The van der Waals surface area contributed by atoms with Crippen molar-refractivity contribution in [3.05, 3.63) is 42.0 Å². The van der Waals surface area contributed by atoms with Crippen molar-refractivity contribution in [2.45, 2.75) is 12.8 Å². The van der Waals surface area contributed by atoms with Gasteiger partial charge in [-0.25, -0.2) is 0 Å². The lowest BCUT2D eigenvalue weighted by molar-refractivity contribution is -0.126. The Hall–Kier alpha value is -1.94. The molecule has 0 saturated carbocycles. The zero-order chi connectivity index (χ0) is 12.1. The lowest BCUT2D eigenvalue weighted by atomic mass is 10.2. The summed E-state index contributed by atoms with van der Waals surface area (Å²) < 4.78 is 10.5. The highest BCUT2D eigenvalue weighted by atomic mass is 16.5. The van der Waals surface area contributed by atoms with Crippen molar-refractivity contribution in [2.75, 3.05) is 7.11 Å². The third-order valence-corrected chi connectivity index (χ3v) is 2.38. The summed E-state index contributed by atoms with van der Waals surface area (Å²) in [7, 11) is 1.62. The van der Waals surface area contributed by atoms with Crippen molar-refractivity contribution in [3.63, 3.8) is 0 Å². The lowest BCUT2D eigenvalue weighted by Gasteiger charge is -2.12. The highest BCUT2D eigenvalue weighted by molar-refractivity contribution is 5.99. The number of carbonyl (C=O) groups is 1. The van der Waals surface area contributed by atoms with Gasteiger partial charge in [-0.05, 0) is 29.8 Å². The number of ether oxygens (including phenoxy) is 2. The van der Waals surface area contributed by atoms with E-state index < -0.39 is 6.23 Å². The molecule has 0 fully saturated rings. The number of methoxy groups -OCH3 is 1. The molecule has 0 bridgehead atoms. The minimum absolute atomic E-state index is 0.124. The molecule has 0 spiro atoms. The zero-order valence-corrected chi connectivity index (χ0v) is 9.50. The fraction of sp³-hybridized carbons (Fsp3) is 0.231. The van der Waals surface area contributed by atoms with E-state index in [4.69, 9.17) is 9.47 Å². The van der Waals surface area contributed by atoms with E-state index in [9.17, 15) is 4.79 Å². The molecule has 0 aliphatic carbocycles. The van der Waals surface area contributed by atoms with Gasteiger partial charge in [-0.1, -0.05) is 12.1 Å². The molecule has 1 aliphatic rings. The fourth-order valence-electron chi connectivity index (χ4n) is 1.44. The van der Waals surface area contributed by atoms with Gasteiger partial charge in [0.05, 0.1) is 13.7 Å². The van der Waals surface area contributed by atoms with E-state index >= 15 is 0 Å². The van der Waals surface area contributed by atoms with Crippen LogP contribution >= 0.6 is 0 Å². The van der Waals surface area contributed by atoms with Crippen LogP contribution in [-0.2, 0) is 16.1 Å². The summed E-state index contributed by atoms with van der Waals surface area (Å²) >= 11 is 0. The van der Waals surface area contributed by atoms with Gasteiger partial charge in [0.15, 0.2) is 0 Å². The van der Waals surface area contributed by atoms with Crippen molar-refractivity contribution >= 4 is 12.0 Å². The predicted molar refractivity (Wildman–Crippen MR) is 64.2 cm³/mol. The summed E-state index contributed by atoms with van der Waals surface area (Å²) in [5.41, 5.74) is 0.975. The van der Waals surface area contributed by atoms with Crippen LogP contribution in [0.3, 0.4) is 0 Å². The van der Waals surface area contributed by atoms with Crippen LogP contribution in [0.1, 0.15) is 5.56 Å². The van der Waals surface area contributed by atoms with Crippen LogP contribution in [0.25, 0.3) is 0 Å². The van der Waals surface area contributed by atoms with Crippen molar-refractivity contribution in [2.24, 2.45) is 4.99 Å². The van der Waals surface area contributed by atoms with Crippen LogP contribution in [0.15, 0.2) is 41.4 Å². The number of nitrogens with zero attached hydrogens (tertiary/aromatic N) is 1. The zero-order valence-electron chi connectivity index (χ0n) is 9.50. The van der Waals surface area contributed by atoms with E-state index in [0.29, 0.717) is 6.61 Å². The second kappa shape index (κ2) is 5.41. The first-order valence-corrected chi connectivity index (χ1v) is 5.28. The van der Waals surface area contributed by atoms with Crippen LogP contribution in [-0.4, -0.2) is 25.3 Å². The molecule has 0 amide bonds. The Labute approximate surface area is 99.6 Å². The molecule has 2 rings (SSSR count). The molecule has 4 heteroatoms. The lowest BCUT2D eigenvalue weighted by Crippen LogP contribution is -2.22. The van der Waals surface area contributed by atoms with Crippen molar-refractivity contribution < 1.29 is 14.3 Å². The third kappa shape index (κ3) is 3.01. The second-order valence-corrected chi connectivity index (χ2v) is 3.57. The van der Waals surface area contributed by atoms with Crippen LogP contribution in [0.2, 0.25) is 0 Å². The van der Waals surface area contributed by atoms with Gasteiger partial charge in [-0.3, -0.25) is 9.79 Å². The van der Waals surface area contributed by atoms with E-state index in [2.05, 4.69) is 4.99 Å². The number of rotatable bonds is 4. The molecule has 0 radical (unpaired) electrons. The quantitative estimate of drug-likeness (QED) is 0.793. The number of ketones is 1. The maximum absolute atomic E-state index is 11.4. The summed E-state index contributed by atoms with van der Waals surface area (Å²) in [6.45, 7) is 0.353. The molecule has 1 aliphatic heterocycles. The number of aliphatic imine (C=N–C) groups is 1. The Balaban J connectivity index is 1.91. The van der Waals surface area contributed by atoms with E-state index in [1.165, 1.54) is 6.08 Å². The number of hydrogen-bond acceptors (Lipinski definition) is 4. The number of benzene rings is 1. The first-order chi connectivity index (χ1) is 8.29. The number of carbonyl (C=O) groups excluding carboxylic acids is 1. The average molecular weight is 231 g/mol. The van der Waals surface area contributed by atoms with E-state index in [-0.39, 0.29) is 5.78 Å². The largest absolute Gasteiger partial charge is 0.497 e. The van der Waals surface area contributed by atoms with E-state index in [1.54, 1.807) is 19.4 Å². The molecule has 0 saturated heterocycles. The topological polar surface area (TPSA) is 47.9 Å². The number of hydrogen-bond donors (Lipinski definition) is 0. The average Bonchev–Trinajstić information content (AvgIpc) is 2.38. The molecule has 1 atom stereocenters. The molecule has 0 aromatic heterocycles. The molecule has 4 nitrogen and oxygen atoms in total. The summed E-state index contributed by atoms with van der Waals surface area (Å²) in [6, 6.07) is 7.49. The van der Waals surface area contributed by atoms with Crippen molar-refractivity contribution in [1.82, 2.24) is 0 Å². The van der Waals surface area contributed by atoms with Crippen LogP contribution in [0.4, 0.5) is 0 Å². The molecule has 0 N–H and O–H groups in total. The van der Waals surface area contributed by atoms with Crippen molar-refractivity contribution in [3.8, 4) is 5.75 Å². The molecule has 1 aromatic carbocycles. The van der Waals surface area contributed by atoms with E-state index in [0.717, 1.165) is 11.3 Å². The monoisotopic (exact) mass is 231 g/mol. The Kier molecular flexibility index (Phi) is 3.67. The highest BCUT2D eigenvalue weighted by Gasteiger charge is 2.16. The van der Waals surface area contributed by atoms with E-state index in [1.807, 2.05) is 24.3 Å². The van der Waals surface area contributed by atoms with Gasteiger partial charge >= 0.3 is 0 Å². The summed E-state index contributed by atoms with van der Waals surface area (Å²) in [4.78, 5) is 15.3. The summed E-state index contributed by atoms with van der Waals surface area (Å²) in [5, 5.41) is 0. The van der Waals surface area contributed by atoms with Gasteiger partial charge in [0.25, 0.3) is 0 Å². The maximum Gasteiger partial charge on any atom is 0.211 e. The smallest absolute Gasteiger partial charge is 0.211 e. The fourth-order valence-corrected chi connectivity index (χ4v) is 1.44. The van der Waals surface area contributed by atoms with Crippen LogP contribution in [0.5, 0.6) is 5.75 Å². The van der Waals surface area contributed by atoms with Crippen LogP contribution in [0, 0.1) is 0 Å². The number of allylic oxidation sites excluding steroid dienone is 1. The second-order valence-electron chi connectivity index (χ2n) is 3.57. The molecule has 1 aromatic rings. The Morgan fingerprint density at radius 1 is 1.29 bits per heavy atom. The standard InChI is InChI=1S/C13H13NO3/c1-16-11-6-4-10(5-7-11)9-17-13-12(15)3-2-8-14-13/h2-8,13H,9H2,1H3. The van der Waals surface area contributed by atoms with Crippen molar-refractivity contribution in [1.29, 1.82) is 0 Å². The van der Waals surface area contributed by atoms with Gasteiger partial charge in [0.1, 0.15) is 5.75 Å². The number of dihydropyridines is 1. The highest BCUT2D eigenvalue weighted by Crippen LogP contribution is 2.13. The Bertz CT molecular complexity index is 448. The third-order valence-electron chi connectivity index (χ3n) is 2.38. The van der Waals surface area contributed by atoms with Gasteiger partial charge in [-0.2, -0.15) is 0 Å². The Morgan fingerprint density at radius 2 is 2.06 bits per heavy atom. The molecule has 88 valence electrons. The molecular weight excluding hydrogens is 218 g/mol. The minimum Gasteiger partial charge on any atom is -0.497 e. The molecular formula is C13H13NO3. The first-order valence-electron chi connectivity index (χ1n) is 5.28. The minimum atomic E-state index is -0.706. The van der Waals surface area contributed by atoms with Gasteiger partial charge < -0.3 is 9.47 Å². The first kappa shape index (κ1) is 11.5. The van der Waals surface area contributed by atoms with Gasteiger partial charge in [-0.15, -0.1) is 0 Å². The normalized spacial score (nSPS) is 18.4. The SMILES string of the molecule is COc1ccc(COC2N=CC=CC2=O)cc1. The van der Waals surface area contributed by atoms with Crippen LogP contribution < -0.4 is 4.74 Å². The maximum atomic E-state index is 11.4. The summed E-state index contributed by atoms with van der Waals surface area (Å²) in [5.74, 6) is 0.671. The predicted octanol–water partition coefficient (Wildman–Crippen LogP) is 1.75. The Morgan fingerprint density at radius 3 is 2.71 bits per heavy atom. The van der Waals surface area contributed by atoms with Gasteiger partial charge in [0, 0.05) is 6.21 Å². The molecule has 1 heterocycles.